The van der Waals surface area contributed by atoms with E-state index in [-0.39, 0.29) is 21.8 Å². The summed E-state index contributed by atoms with van der Waals surface area (Å²) in [7, 11) is -3.05. The number of nitrogens with zero attached hydrogens (tertiary/aromatic N) is 4. The smallest absolute Gasteiger partial charge is 0.296 e. The van der Waals surface area contributed by atoms with E-state index >= 15 is 0 Å². The number of aromatic nitrogens is 1. The van der Waals surface area contributed by atoms with E-state index in [0.29, 0.717) is 30.3 Å². The normalized spacial score (nSPS) is 12.5. The minimum absolute atomic E-state index is 0.0497. The molecule has 0 saturated carbocycles. The molecule has 1 aromatic heterocycles. The van der Waals surface area contributed by atoms with Gasteiger partial charge in [-0.25, -0.2) is 0 Å². The van der Waals surface area contributed by atoms with Crippen molar-refractivity contribution in [3.05, 3.63) is 24.0 Å². The van der Waals surface area contributed by atoms with Gasteiger partial charge in [0.2, 0.25) is 5.82 Å². The summed E-state index contributed by atoms with van der Waals surface area (Å²) in [5.41, 5.74) is 0.267. The molecule has 0 radical (unpaired) electrons. The Morgan fingerprint density at radius 3 is 2.23 bits per heavy atom. The molecule has 0 bridgehead atoms. The molecule has 9 nitrogen and oxygen atoms in total. The number of hydrogen-bond donors (Lipinski definition) is 1. The Balaban J connectivity index is 2.55. The highest BCUT2D eigenvalue weighted by Gasteiger charge is 2.23. The van der Waals surface area contributed by atoms with Crippen molar-refractivity contribution < 1.29 is 22.2 Å². The maximum atomic E-state index is 12.1. The number of hydrogen-bond acceptors (Lipinski definition) is 8. The standard InChI is InChI=1S/C20H30N4O5S/c1-7-9-24(10-8-2)15-12-17(30(25,26)27)14(11-16(15)28-6)21-22-19-13-18(29-23-19)20(3,4)5/h11-13H,7-10H2,1-6H3,(H,25,26,27). The fourth-order valence-electron chi connectivity index (χ4n) is 2.90. The first-order valence-corrected chi connectivity index (χ1v) is 11.3. The van der Waals surface area contributed by atoms with Crippen molar-refractivity contribution in [2.24, 2.45) is 10.2 Å². The lowest BCUT2D eigenvalue weighted by atomic mass is 9.93. The lowest BCUT2D eigenvalue weighted by molar-refractivity contribution is 0.330. The SMILES string of the molecule is CCCN(CCC)c1cc(S(=O)(=O)O)c(N=Nc2cc(C(C)(C)C)on2)cc1OC. The molecule has 0 amide bonds. The van der Waals surface area contributed by atoms with Crippen LogP contribution in [0, 0.1) is 0 Å². The minimum atomic E-state index is -4.55. The van der Waals surface area contributed by atoms with E-state index in [1.807, 2.05) is 39.5 Å². The van der Waals surface area contributed by atoms with E-state index in [9.17, 15) is 13.0 Å². The van der Waals surface area contributed by atoms with Crippen LogP contribution in [0.4, 0.5) is 17.2 Å². The van der Waals surface area contributed by atoms with Gasteiger partial charge in [0.15, 0.2) is 0 Å². The molecule has 2 aromatic rings. The monoisotopic (exact) mass is 438 g/mol. The van der Waals surface area contributed by atoms with Crippen LogP contribution >= 0.6 is 0 Å². The van der Waals surface area contributed by atoms with Crippen LogP contribution in [0.25, 0.3) is 0 Å². The Morgan fingerprint density at radius 1 is 1.13 bits per heavy atom. The summed E-state index contributed by atoms with van der Waals surface area (Å²) in [5, 5.41) is 11.8. The number of methoxy groups -OCH3 is 1. The summed E-state index contributed by atoms with van der Waals surface area (Å²) in [5.74, 6) is 1.26. The van der Waals surface area contributed by atoms with Gasteiger partial charge in [-0.15, -0.1) is 10.2 Å². The highest BCUT2D eigenvalue weighted by Crippen LogP contribution is 2.39. The molecule has 30 heavy (non-hydrogen) atoms. The summed E-state index contributed by atoms with van der Waals surface area (Å²) >= 11 is 0. The minimum Gasteiger partial charge on any atom is -0.495 e. The average Bonchev–Trinajstić information content (AvgIpc) is 3.14. The molecule has 0 saturated heterocycles. The van der Waals surface area contributed by atoms with Crippen LogP contribution in [0.1, 0.15) is 53.2 Å². The summed E-state index contributed by atoms with van der Waals surface area (Å²) in [6.45, 7) is 11.4. The Hall–Kier alpha value is -2.46. The van der Waals surface area contributed by atoms with Gasteiger partial charge in [0.25, 0.3) is 10.1 Å². The predicted molar refractivity (Wildman–Crippen MR) is 115 cm³/mol. The van der Waals surface area contributed by atoms with Crippen molar-refractivity contribution in [1.82, 2.24) is 5.16 Å². The molecule has 0 atom stereocenters. The Labute approximate surface area is 177 Å². The molecule has 1 heterocycles. The first-order valence-electron chi connectivity index (χ1n) is 9.84. The van der Waals surface area contributed by atoms with E-state index in [1.165, 1.54) is 19.2 Å². The molecule has 0 aliphatic rings. The molecule has 0 spiro atoms. The van der Waals surface area contributed by atoms with Gasteiger partial charge in [0, 0.05) is 30.6 Å². The van der Waals surface area contributed by atoms with Crippen LogP contribution in [0.2, 0.25) is 0 Å². The van der Waals surface area contributed by atoms with E-state index in [2.05, 4.69) is 15.4 Å². The van der Waals surface area contributed by atoms with Gasteiger partial charge in [0.1, 0.15) is 22.1 Å². The highest BCUT2D eigenvalue weighted by atomic mass is 32.2. The van der Waals surface area contributed by atoms with Crippen molar-refractivity contribution in [3.63, 3.8) is 0 Å². The zero-order chi connectivity index (χ0) is 22.5. The van der Waals surface area contributed by atoms with Crippen LogP contribution in [-0.2, 0) is 15.5 Å². The molecular weight excluding hydrogens is 408 g/mol. The van der Waals surface area contributed by atoms with Crippen molar-refractivity contribution in [2.45, 2.75) is 57.8 Å². The van der Waals surface area contributed by atoms with Gasteiger partial charge in [-0.05, 0) is 18.9 Å². The largest absolute Gasteiger partial charge is 0.495 e. The second-order valence-electron chi connectivity index (χ2n) is 7.95. The maximum absolute atomic E-state index is 12.1. The highest BCUT2D eigenvalue weighted by molar-refractivity contribution is 7.86. The fourth-order valence-corrected chi connectivity index (χ4v) is 3.52. The first kappa shape index (κ1) is 23.8. The van der Waals surface area contributed by atoms with Gasteiger partial charge < -0.3 is 14.2 Å². The molecule has 1 N–H and O–H groups in total. The summed E-state index contributed by atoms with van der Waals surface area (Å²) in [6, 6.07) is 4.45. The predicted octanol–water partition coefficient (Wildman–Crippen LogP) is 5.27. The molecule has 0 aliphatic heterocycles. The van der Waals surface area contributed by atoms with Crippen molar-refractivity contribution in [3.8, 4) is 5.75 Å². The second kappa shape index (κ2) is 9.57. The maximum Gasteiger partial charge on any atom is 0.296 e. The van der Waals surface area contributed by atoms with Gasteiger partial charge in [-0.3, -0.25) is 4.55 Å². The molecule has 0 unspecified atom stereocenters. The van der Waals surface area contributed by atoms with Gasteiger partial charge in [-0.1, -0.05) is 39.8 Å². The van der Waals surface area contributed by atoms with E-state index < -0.39 is 10.1 Å². The Bertz CT molecular complexity index is 987. The lowest BCUT2D eigenvalue weighted by Crippen LogP contribution is -2.25. The molecule has 0 aliphatic carbocycles. The van der Waals surface area contributed by atoms with Crippen LogP contribution in [-0.4, -0.2) is 38.3 Å². The van der Waals surface area contributed by atoms with Crippen molar-refractivity contribution in [2.75, 3.05) is 25.1 Å². The molecule has 0 fully saturated rings. The molecular formula is C20H30N4O5S. The van der Waals surface area contributed by atoms with E-state index in [4.69, 9.17) is 9.26 Å². The van der Waals surface area contributed by atoms with Crippen molar-refractivity contribution >= 4 is 27.3 Å². The third-order valence-electron chi connectivity index (χ3n) is 4.36. The van der Waals surface area contributed by atoms with E-state index in [0.717, 1.165) is 12.8 Å². The third-order valence-corrected chi connectivity index (χ3v) is 5.25. The summed E-state index contributed by atoms with van der Waals surface area (Å²) in [4.78, 5) is 1.67. The Morgan fingerprint density at radius 2 is 1.77 bits per heavy atom. The summed E-state index contributed by atoms with van der Waals surface area (Å²) < 4.78 is 44.6. The first-order chi connectivity index (χ1) is 14.0. The Kier molecular flexibility index (Phi) is 7.59. The summed E-state index contributed by atoms with van der Waals surface area (Å²) in [6.07, 6.45) is 1.74. The average molecular weight is 439 g/mol. The van der Waals surface area contributed by atoms with Crippen LogP contribution in [0.15, 0.2) is 37.8 Å². The second-order valence-corrected chi connectivity index (χ2v) is 9.34. The molecule has 2 rings (SSSR count). The number of ether oxygens (including phenoxy) is 1. The van der Waals surface area contributed by atoms with Gasteiger partial charge in [0.05, 0.1) is 12.8 Å². The number of rotatable bonds is 9. The number of benzene rings is 1. The van der Waals surface area contributed by atoms with Crippen LogP contribution in [0.5, 0.6) is 5.75 Å². The molecule has 166 valence electrons. The quantitative estimate of drug-likeness (QED) is 0.418. The van der Waals surface area contributed by atoms with Crippen molar-refractivity contribution in [1.29, 1.82) is 0 Å². The topological polar surface area (TPSA) is 118 Å². The molecule has 1 aromatic carbocycles. The zero-order valence-electron chi connectivity index (χ0n) is 18.3. The van der Waals surface area contributed by atoms with Gasteiger partial charge >= 0.3 is 0 Å². The van der Waals surface area contributed by atoms with E-state index in [1.54, 1.807) is 6.07 Å². The number of anilines is 1. The molecule has 10 heteroatoms. The lowest BCUT2D eigenvalue weighted by Gasteiger charge is -2.26. The third kappa shape index (κ3) is 5.79. The fraction of sp³-hybridized carbons (Fsp3) is 0.550. The van der Waals surface area contributed by atoms with Gasteiger partial charge in [-0.2, -0.15) is 8.42 Å². The number of azo groups is 1. The van der Waals surface area contributed by atoms with Crippen LogP contribution in [0.3, 0.4) is 0 Å². The zero-order valence-corrected chi connectivity index (χ0v) is 19.2. The van der Waals surface area contributed by atoms with Crippen LogP contribution < -0.4 is 9.64 Å².